The Balaban J connectivity index is 2.26. The van der Waals surface area contributed by atoms with E-state index in [0.717, 1.165) is 12.1 Å². The fraction of sp³-hybridized carbons (Fsp3) is 0.200. The molecule has 0 atom stereocenters. The number of nitrogen functional groups attached to an aromatic ring is 1. The van der Waals surface area contributed by atoms with Crippen LogP contribution in [0.3, 0.4) is 0 Å². The second kappa shape index (κ2) is 6.48. The van der Waals surface area contributed by atoms with Crippen molar-refractivity contribution in [2.45, 2.75) is 13.3 Å². The monoisotopic (exact) mass is 294 g/mol. The number of anilines is 3. The summed E-state index contributed by atoms with van der Waals surface area (Å²) < 4.78 is 19.0. The molecule has 0 aromatic heterocycles. The number of rotatable bonds is 5. The summed E-state index contributed by atoms with van der Waals surface area (Å²) >= 11 is 5.92. The normalized spacial score (nSPS) is 10.3. The molecule has 2 aromatic carbocycles. The molecule has 2 aromatic rings. The molecule has 0 aliphatic heterocycles. The van der Waals surface area contributed by atoms with E-state index in [9.17, 15) is 4.39 Å². The van der Waals surface area contributed by atoms with E-state index < -0.39 is 5.82 Å². The number of benzene rings is 2. The second-order valence-corrected chi connectivity index (χ2v) is 4.79. The highest BCUT2D eigenvalue weighted by atomic mass is 35.5. The van der Waals surface area contributed by atoms with E-state index in [0.29, 0.717) is 23.0 Å². The van der Waals surface area contributed by atoms with E-state index in [-0.39, 0.29) is 5.75 Å². The van der Waals surface area contributed by atoms with Crippen LogP contribution >= 0.6 is 11.6 Å². The summed E-state index contributed by atoms with van der Waals surface area (Å²) in [6.45, 7) is 2.41. The van der Waals surface area contributed by atoms with Crippen LogP contribution in [0.15, 0.2) is 36.4 Å². The molecule has 0 saturated heterocycles. The molecule has 0 radical (unpaired) electrons. The van der Waals surface area contributed by atoms with Crippen molar-refractivity contribution in [3.8, 4) is 5.75 Å². The van der Waals surface area contributed by atoms with Crippen molar-refractivity contribution < 1.29 is 9.13 Å². The summed E-state index contributed by atoms with van der Waals surface area (Å²) in [6.07, 6.45) is 0.806. The third-order valence-electron chi connectivity index (χ3n) is 2.67. The third-order valence-corrected chi connectivity index (χ3v) is 2.90. The van der Waals surface area contributed by atoms with Crippen LogP contribution in [0.2, 0.25) is 5.02 Å². The van der Waals surface area contributed by atoms with Gasteiger partial charge in [0, 0.05) is 22.8 Å². The summed E-state index contributed by atoms with van der Waals surface area (Å²) in [5.41, 5.74) is 7.48. The van der Waals surface area contributed by atoms with Crippen molar-refractivity contribution in [3.05, 3.63) is 47.2 Å². The first kappa shape index (κ1) is 14.5. The van der Waals surface area contributed by atoms with E-state index in [2.05, 4.69) is 5.32 Å². The minimum absolute atomic E-state index is 0.186. The zero-order valence-corrected chi connectivity index (χ0v) is 11.9. The van der Waals surface area contributed by atoms with E-state index in [1.807, 2.05) is 19.1 Å². The summed E-state index contributed by atoms with van der Waals surface area (Å²) in [5, 5.41) is 3.71. The quantitative estimate of drug-likeness (QED) is 0.793. The van der Waals surface area contributed by atoms with Gasteiger partial charge in [0.2, 0.25) is 0 Å². The molecule has 106 valence electrons. The zero-order chi connectivity index (χ0) is 14.5. The standard InChI is InChI=1S/C15H16ClFN2O/c1-2-6-20-15-9-14(13(18)8-12(15)17)19-11-5-3-4-10(16)7-11/h3-5,7-9,19H,2,6,18H2,1H3. The maximum absolute atomic E-state index is 13.7. The van der Waals surface area contributed by atoms with Crippen LogP contribution in [0.25, 0.3) is 0 Å². The van der Waals surface area contributed by atoms with Gasteiger partial charge < -0.3 is 15.8 Å². The molecule has 5 heteroatoms. The smallest absolute Gasteiger partial charge is 0.167 e. The van der Waals surface area contributed by atoms with Crippen molar-refractivity contribution in [2.75, 3.05) is 17.7 Å². The van der Waals surface area contributed by atoms with E-state index in [1.54, 1.807) is 18.2 Å². The lowest BCUT2D eigenvalue weighted by atomic mass is 10.2. The average Bonchev–Trinajstić information content (AvgIpc) is 2.40. The van der Waals surface area contributed by atoms with E-state index in [4.69, 9.17) is 22.1 Å². The maximum atomic E-state index is 13.7. The third kappa shape index (κ3) is 3.54. The molecule has 0 amide bonds. The predicted molar refractivity (Wildman–Crippen MR) is 81.3 cm³/mol. The molecule has 2 rings (SSSR count). The van der Waals surface area contributed by atoms with Crippen LogP contribution in [0.4, 0.5) is 21.5 Å². The number of hydrogen-bond donors (Lipinski definition) is 2. The van der Waals surface area contributed by atoms with Gasteiger partial charge in [-0.05, 0) is 24.6 Å². The fourth-order valence-electron chi connectivity index (χ4n) is 1.72. The minimum atomic E-state index is -0.465. The molecule has 0 saturated carbocycles. The number of hydrogen-bond acceptors (Lipinski definition) is 3. The Labute approximate surface area is 122 Å². The van der Waals surface area contributed by atoms with Gasteiger partial charge in [-0.2, -0.15) is 0 Å². The van der Waals surface area contributed by atoms with Gasteiger partial charge in [0.25, 0.3) is 0 Å². The van der Waals surface area contributed by atoms with Gasteiger partial charge in [-0.1, -0.05) is 24.6 Å². The van der Waals surface area contributed by atoms with Gasteiger partial charge >= 0.3 is 0 Å². The number of nitrogens with two attached hydrogens (primary N) is 1. The van der Waals surface area contributed by atoms with Crippen LogP contribution in [0.5, 0.6) is 5.75 Å². The molecule has 3 N–H and O–H groups in total. The Morgan fingerprint density at radius 2 is 2.10 bits per heavy atom. The van der Waals surface area contributed by atoms with Crippen molar-refractivity contribution in [1.82, 2.24) is 0 Å². The SMILES string of the molecule is CCCOc1cc(Nc2cccc(Cl)c2)c(N)cc1F. The van der Waals surface area contributed by atoms with Crippen molar-refractivity contribution in [2.24, 2.45) is 0 Å². The van der Waals surface area contributed by atoms with Gasteiger partial charge in [0.1, 0.15) is 0 Å². The first-order valence-electron chi connectivity index (χ1n) is 6.34. The molecule has 3 nitrogen and oxygen atoms in total. The fourth-order valence-corrected chi connectivity index (χ4v) is 1.91. The number of halogens is 2. The largest absolute Gasteiger partial charge is 0.490 e. The Hall–Kier alpha value is -1.94. The van der Waals surface area contributed by atoms with Crippen LogP contribution in [0.1, 0.15) is 13.3 Å². The highest BCUT2D eigenvalue weighted by molar-refractivity contribution is 6.30. The summed E-state index contributed by atoms with van der Waals surface area (Å²) in [4.78, 5) is 0. The van der Waals surface area contributed by atoms with Crippen LogP contribution < -0.4 is 15.8 Å². The van der Waals surface area contributed by atoms with Crippen molar-refractivity contribution in [1.29, 1.82) is 0 Å². The topological polar surface area (TPSA) is 47.3 Å². The average molecular weight is 295 g/mol. The molecule has 0 unspecified atom stereocenters. The van der Waals surface area contributed by atoms with Crippen LogP contribution in [0, 0.1) is 5.82 Å². The van der Waals surface area contributed by atoms with Gasteiger partial charge in [-0.15, -0.1) is 0 Å². The molecule has 0 aliphatic carbocycles. The zero-order valence-electron chi connectivity index (χ0n) is 11.1. The lowest BCUT2D eigenvalue weighted by molar-refractivity contribution is 0.301. The summed E-state index contributed by atoms with van der Waals surface area (Å²) in [5.74, 6) is -0.279. The molecular weight excluding hydrogens is 279 g/mol. The first-order valence-corrected chi connectivity index (χ1v) is 6.72. The van der Waals surface area contributed by atoms with Gasteiger partial charge in [-0.25, -0.2) is 4.39 Å². The molecule has 0 spiro atoms. The lowest BCUT2D eigenvalue weighted by Crippen LogP contribution is -2.02. The lowest BCUT2D eigenvalue weighted by Gasteiger charge is -2.13. The Morgan fingerprint density at radius 3 is 2.80 bits per heavy atom. The Bertz CT molecular complexity index is 604. The molecule has 20 heavy (non-hydrogen) atoms. The Kier molecular flexibility index (Phi) is 4.69. The molecule has 0 aliphatic rings. The maximum Gasteiger partial charge on any atom is 0.167 e. The number of nitrogens with one attached hydrogen (secondary N) is 1. The molecule has 0 heterocycles. The molecular formula is C15H16ClFN2O. The molecule has 0 bridgehead atoms. The van der Waals surface area contributed by atoms with E-state index in [1.165, 1.54) is 6.07 Å². The van der Waals surface area contributed by atoms with Gasteiger partial charge in [-0.3, -0.25) is 0 Å². The van der Waals surface area contributed by atoms with E-state index >= 15 is 0 Å². The second-order valence-electron chi connectivity index (χ2n) is 4.35. The number of ether oxygens (including phenoxy) is 1. The first-order chi connectivity index (χ1) is 9.60. The molecule has 0 fully saturated rings. The summed E-state index contributed by atoms with van der Waals surface area (Å²) in [7, 11) is 0. The van der Waals surface area contributed by atoms with Crippen LogP contribution in [-0.2, 0) is 0 Å². The highest BCUT2D eigenvalue weighted by Gasteiger charge is 2.09. The minimum Gasteiger partial charge on any atom is -0.490 e. The summed E-state index contributed by atoms with van der Waals surface area (Å²) in [6, 6.07) is 10.0. The predicted octanol–water partition coefficient (Wildman–Crippen LogP) is 4.59. The van der Waals surface area contributed by atoms with Gasteiger partial charge in [0.05, 0.1) is 18.0 Å². The Morgan fingerprint density at radius 1 is 1.30 bits per heavy atom. The van der Waals surface area contributed by atoms with Crippen LogP contribution in [-0.4, -0.2) is 6.61 Å². The van der Waals surface area contributed by atoms with Crippen molar-refractivity contribution >= 4 is 28.7 Å². The van der Waals surface area contributed by atoms with Gasteiger partial charge in [0.15, 0.2) is 11.6 Å². The van der Waals surface area contributed by atoms with Crippen molar-refractivity contribution in [3.63, 3.8) is 0 Å². The highest BCUT2D eigenvalue weighted by Crippen LogP contribution is 2.31.